The molecule has 2 nitrogen and oxygen atoms in total. The largest absolute Gasteiger partial charge is 0.508 e. The van der Waals surface area contributed by atoms with Gasteiger partial charge in [-0.15, -0.1) is 0 Å². The maximum Gasteiger partial charge on any atom is 0.115 e. The predicted octanol–water partition coefficient (Wildman–Crippen LogP) is 3.00. The van der Waals surface area contributed by atoms with Gasteiger partial charge in [0.05, 0.1) is 0 Å². The fourth-order valence-corrected chi connectivity index (χ4v) is 1.62. The van der Waals surface area contributed by atoms with Crippen LogP contribution in [0.25, 0.3) is 0 Å². The lowest BCUT2D eigenvalue weighted by Gasteiger charge is -2.34. The van der Waals surface area contributed by atoms with E-state index in [0.717, 1.165) is 11.9 Å². The highest BCUT2D eigenvalue weighted by Gasteiger charge is 2.21. The van der Waals surface area contributed by atoms with Gasteiger partial charge in [0.1, 0.15) is 5.75 Å². The van der Waals surface area contributed by atoms with Crippen LogP contribution in [0.1, 0.15) is 19.4 Å². The van der Waals surface area contributed by atoms with Crippen molar-refractivity contribution >= 4 is 15.9 Å². The van der Waals surface area contributed by atoms with E-state index in [1.807, 2.05) is 12.1 Å². The molecule has 0 aliphatic carbocycles. The minimum Gasteiger partial charge on any atom is -0.508 e. The topological polar surface area (TPSA) is 23.5 Å². The zero-order chi connectivity index (χ0) is 11.5. The van der Waals surface area contributed by atoms with Crippen molar-refractivity contribution < 1.29 is 5.11 Å². The quantitative estimate of drug-likeness (QED) is 0.852. The van der Waals surface area contributed by atoms with E-state index in [2.05, 4.69) is 41.7 Å². The molecule has 0 saturated carbocycles. The average Bonchev–Trinajstić information content (AvgIpc) is 2.21. The number of phenols is 1. The molecule has 0 aromatic heterocycles. The Morgan fingerprint density at radius 1 is 1.27 bits per heavy atom. The van der Waals surface area contributed by atoms with Crippen molar-refractivity contribution in [2.75, 3.05) is 12.4 Å². The molecule has 84 valence electrons. The third-order valence-electron chi connectivity index (χ3n) is 2.72. The van der Waals surface area contributed by atoms with Crippen molar-refractivity contribution in [2.24, 2.45) is 0 Å². The zero-order valence-corrected chi connectivity index (χ0v) is 11.1. The van der Waals surface area contributed by atoms with Gasteiger partial charge in [-0.25, -0.2) is 0 Å². The number of phenolic OH excluding ortho intramolecular Hbond substituents is 1. The summed E-state index contributed by atoms with van der Waals surface area (Å²) < 4.78 is 0. The summed E-state index contributed by atoms with van der Waals surface area (Å²) in [6.07, 6.45) is 0. The van der Waals surface area contributed by atoms with Crippen LogP contribution < -0.4 is 0 Å². The first-order valence-corrected chi connectivity index (χ1v) is 6.13. The predicted molar refractivity (Wildman–Crippen MR) is 67.4 cm³/mol. The first-order chi connectivity index (χ1) is 6.95. The molecule has 0 fully saturated rings. The summed E-state index contributed by atoms with van der Waals surface area (Å²) in [6, 6.07) is 7.36. The van der Waals surface area contributed by atoms with E-state index >= 15 is 0 Å². The molecule has 1 aromatic rings. The highest BCUT2D eigenvalue weighted by Crippen LogP contribution is 2.19. The highest BCUT2D eigenvalue weighted by atomic mass is 79.9. The van der Waals surface area contributed by atoms with Gasteiger partial charge in [-0.2, -0.15) is 0 Å². The summed E-state index contributed by atoms with van der Waals surface area (Å²) >= 11 is 3.51. The van der Waals surface area contributed by atoms with Crippen molar-refractivity contribution in [3.8, 4) is 5.75 Å². The van der Waals surface area contributed by atoms with Crippen LogP contribution in [0.4, 0.5) is 0 Å². The first-order valence-electron chi connectivity index (χ1n) is 5.01. The Morgan fingerprint density at radius 2 is 1.80 bits per heavy atom. The van der Waals surface area contributed by atoms with Crippen LogP contribution in [0, 0.1) is 0 Å². The average molecular weight is 272 g/mol. The Labute approximate surface area is 100 Å². The number of benzene rings is 1. The summed E-state index contributed by atoms with van der Waals surface area (Å²) in [5.41, 5.74) is 1.35. The van der Waals surface area contributed by atoms with Gasteiger partial charge in [0.25, 0.3) is 0 Å². The molecule has 1 rings (SSSR count). The lowest BCUT2D eigenvalue weighted by Crippen LogP contribution is -2.41. The number of aromatic hydroxyl groups is 1. The minimum absolute atomic E-state index is 0.137. The summed E-state index contributed by atoms with van der Waals surface area (Å²) in [6.45, 7) is 5.28. The second-order valence-corrected chi connectivity index (χ2v) is 5.03. The van der Waals surface area contributed by atoms with Crippen LogP contribution in [-0.4, -0.2) is 27.9 Å². The molecule has 0 aliphatic rings. The molecule has 0 unspecified atom stereocenters. The molecule has 1 N–H and O–H groups in total. The second-order valence-electron chi connectivity index (χ2n) is 4.47. The van der Waals surface area contributed by atoms with Crippen molar-refractivity contribution in [3.05, 3.63) is 29.8 Å². The highest BCUT2D eigenvalue weighted by molar-refractivity contribution is 9.09. The molecule has 15 heavy (non-hydrogen) atoms. The first kappa shape index (κ1) is 12.5. The standard InChI is InChI=1S/C12H18BrNO/c1-12(2,9-13)14(3)8-10-4-6-11(15)7-5-10/h4-7,15H,8-9H2,1-3H3. The normalized spacial score (nSPS) is 12.1. The van der Waals surface area contributed by atoms with Crippen LogP contribution in [0.2, 0.25) is 0 Å². The number of rotatable bonds is 4. The Kier molecular flexibility index (Phi) is 4.17. The van der Waals surface area contributed by atoms with E-state index in [9.17, 15) is 5.11 Å². The van der Waals surface area contributed by atoms with Crippen LogP contribution in [0.5, 0.6) is 5.75 Å². The zero-order valence-electron chi connectivity index (χ0n) is 9.50. The molecule has 0 bridgehead atoms. The van der Waals surface area contributed by atoms with E-state index in [-0.39, 0.29) is 5.54 Å². The van der Waals surface area contributed by atoms with Crippen LogP contribution in [0.15, 0.2) is 24.3 Å². The van der Waals surface area contributed by atoms with Gasteiger partial charge >= 0.3 is 0 Å². The molecule has 0 aliphatic heterocycles. The molecule has 0 spiro atoms. The summed E-state index contributed by atoms with van der Waals surface area (Å²) in [5.74, 6) is 0.321. The maximum atomic E-state index is 9.18. The van der Waals surface area contributed by atoms with Crippen LogP contribution in [-0.2, 0) is 6.54 Å². The molecular formula is C12H18BrNO. The number of nitrogens with zero attached hydrogens (tertiary/aromatic N) is 1. The Bertz CT molecular complexity index is 308. The van der Waals surface area contributed by atoms with Gasteiger partial charge in [-0.1, -0.05) is 28.1 Å². The number of hydrogen-bond donors (Lipinski definition) is 1. The van der Waals surface area contributed by atoms with E-state index in [1.54, 1.807) is 12.1 Å². The molecule has 3 heteroatoms. The van der Waals surface area contributed by atoms with Gasteiger partial charge in [-0.3, -0.25) is 4.90 Å². The number of alkyl halides is 1. The fraction of sp³-hybridized carbons (Fsp3) is 0.500. The van der Waals surface area contributed by atoms with Gasteiger partial charge < -0.3 is 5.11 Å². The third kappa shape index (κ3) is 3.50. The molecule has 0 amide bonds. The van der Waals surface area contributed by atoms with E-state index in [1.165, 1.54) is 5.56 Å². The van der Waals surface area contributed by atoms with E-state index in [0.29, 0.717) is 5.75 Å². The number of halogens is 1. The smallest absolute Gasteiger partial charge is 0.115 e. The summed E-state index contributed by atoms with van der Waals surface area (Å²) in [4.78, 5) is 2.29. The Balaban J connectivity index is 2.66. The lowest BCUT2D eigenvalue weighted by atomic mass is 10.1. The van der Waals surface area contributed by atoms with Crippen molar-refractivity contribution in [3.63, 3.8) is 0 Å². The monoisotopic (exact) mass is 271 g/mol. The third-order valence-corrected chi connectivity index (χ3v) is 4.09. The molecule has 0 saturated heterocycles. The van der Waals surface area contributed by atoms with Gasteiger partial charge in [0.2, 0.25) is 0 Å². The lowest BCUT2D eigenvalue weighted by molar-refractivity contribution is 0.173. The van der Waals surface area contributed by atoms with E-state index in [4.69, 9.17) is 0 Å². The van der Waals surface area contributed by atoms with Crippen molar-refractivity contribution in [2.45, 2.75) is 25.9 Å². The Hall–Kier alpha value is -0.540. The SMILES string of the molecule is CN(Cc1ccc(O)cc1)C(C)(C)CBr. The van der Waals surface area contributed by atoms with Gasteiger partial charge in [0.15, 0.2) is 0 Å². The van der Waals surface area contributed by atoms with Crippen LogP contribution >= 0.6 is 15.9 Å². The molecule has 0 atom stereocenters. The van der Waals surface area contributed by atoms with Crippen molar-refractivity contribution in [1.82, 2.24) is 4.90 Å². The molecular weight excluding hydrogens is 254 g/mol. The second kappa shape index (κ2) is 4.99. The summed E-state index contributed by atoms with van der Waals surface area (Å²) in [7, 11) is 2.11. The maximum absolute atomic E-state index is 9.18. The Morgan fingerprint density at radius 3 is 2.27 bits per heavy atom. The van der Waals surface area contributed by atoms with Gasteiger partial charge in [-0.05, 0) is 38.6 Å². The van der Waals surface area contributed by atoms with Gasteiger partial charge in [0, 0.05) is 17.4 Å². The minimum atomic E-state index is 0.137. The van der Waals surface area contributed by atoms with Crippen LogP contribution in [0.3, 0.4) is 0 Å². The molecule has 0 heterocycles. The molecule has 0 radical (unpaired) electrons. The van der Waals surface area contributed by atoms with Crippen molar-refractivity contribution in [1.29, 1.82) is 0 Å². The summed E-state index contributed by atoms with van der Waals surface area (Å²) in [5, 5.41) is 10.1. The molecule has 1 aromatic carbocycles. The van der Waals surface area contributed by atoms with E-state index < -0.39 is 0 Å². The number of hydrogen-bond acceptors (Lipinski definition) is 2. The fourth-order valence-electron chi connectivity index (χ4n) is 1.19.